The van der Waals surface area contributed by atoms with Gasteiger partial charge in [0, 0.05) is 23.7 Å². The maximum atomic E-state index is 14.2. The third-order valence-electron chi connectivity index (χ3n) is 13.7. The maximum absolute atomic E-state index is 14.2. The Morgan fingerprint density at radius 1 is 0.309 bits per heavy atom. The zero-order chi connectivity index (χ0) is 36.7. The minimum Gasteiger partial charge on any atom is -0.274 e. The van der Waals surface area contributed by atoms with Crippen LogP contribution in [0, 0.1) is 23.7 Å². The smallest absolute Gasteiger partial charge is 0.238 e. The first-order chi connectivity index (χ1) is 27.0. The zero-order valence-electron chi connectivity index (χ0n) is 29.7. The molecule has 4 bridgehead atoms. The number of amides is 4. The molecule has 2 fully saturated rings. The van der Waals surface area contributed by atoms with Crippen molar-refractivity contribution in [3.8, 4) is 0 Å². The van der Waals surface area contributed by atoms with E-state index in [0.717, 1.165) is 55.6 Å². The first kappa shape index (κ1) is 31.0. The van der Waals surface area contributed by atoms with Crippen LogP contribution in [0.3, 0.4) is 0 Å². The van der Waals surface area contributed by atoms with E-state index >= 15 is 0 Å². The molecule has 264 valence electrons. The second-order valence-electron chi connectivity index (χ2n) is 16.1. The van der Waals surface area contributed by atoms with Crippen LogP contribution in [0.5, 0.6) is 0 Å². The molecule has 0 N–H and O–H groups in total. The Hall–Kier alpha value is -6.40. The lowest BCUT2D eigenvalue weighted by atomic mass is 9.55. The Balaban J connectivity index is 0.795. The van der Waals surface area contributed by atoms with E-state index in [9.17, 15) is 19.2 Å². The summed E-state index contributed by atoms with van der Waals surface area (Å²) >= 11 is 0. The molecule has 0 spiro atoms. The van der Waals surface area contributed by atoms with Gasteiger partial charge in [-0.2, -0.15) is 0 Å². The van der Waals surface area contributed by atoms with Gasteiger partial charge in [-0.25, -0.2) is 9.80 Å². The molecule has 6 aliphatic carbocycles. The minimum atomic E-state index is -0.417. The van der Waals surface area contributed by atoms with Gasteiger partial charge < -0.3 is 0 Å². The molecule has 0 unspecified atom stereocenters. The van der Waals surface area contributed by atoms with Crippen molar-refractivity contribution in [2.45, 2.75) is 30.1 Å². The highest BCUT2D eigenvalue weighted by atomic mass is 16.2. The topological polar surface area (TPSA) is 74.8 Å². The van der Waals surface area contributed by atoms with Crippen LogP contribution >= 0.6 is 0 Å². The van der Waals surface area contributed by atoms with Crippen molar-refractivity contribution in [2.75, 3.05) is 9.80 Å². The lowest BCUT2D eigenvalue weighted by Gasteiger charge is -2.45. The van der Waals surface area contributed by atoms with Gasteiger partial charge in [0.25, 0.3) is 0 Å². The molecular formula is C49H34N2O4. The predicted octanol–water partition coefficient (Wildman–Crippen LogP) is 8.07. The SMILES string of the molecule is O=C1[C@@H]2C3c4ccccc4C(c4ccccc43)[C@H]2C(=O)N1c1ccc(Cc2ccc(N3C(=O)[C@H]4C5c6ccccc6C(c6ccccc65)[C@@H]4C3=O)cc2)cc1. The van der Waals surface area contributed by atoms with Crippen molar-refractivity contribution in [3.63, 3.8) is 0 Å². The van der Waals surface area contributed by atoms with Gasteiger partial charge in [0.2, 0.25) is 23.6 Å². The molecule has 2 aliphatic heterocycles. The van der Waals surface area contributed by atoms with E-state index in [0.29, 0.717) is 17.8 Å². The third kappa shape index (κ3) is 3.98. The summed E-state index contributed by atoms with van der Waals surface area (Å²) in [5.41, 5.74) is 12.6. The first-order valence-corrected chi connectivity index (χ1v) is 19.3. The highest BCUT2D eigenvalue weighted by Gasteiger charge is 2.63. The fraction of sp³-hybridized carbons (Fsp3) is 0.184. The van der Waals surface area contributed by atoms with Crippen LogP contribution in [-0.4, -0.2) is 23.6 Å². The van der Waals surface area contributed by atoms with Crippen molar-refractivity contribution in [1.29, 1.82) is 0 Å². The third-order valence-corrected chi connectivity index (χ3v) is 13.7. The molecule has 2 saturated heterocycles. The number of rotatable bonds is 4. The summed E-state index contributed by atoms with van der Waals surface area (Å²) in [5, 5.41) is 0. The lowest BCUT2D eigenvalue weighted by Crippen LogP contribution is -2.41. The number of carbonyl (C=O) groups is 4. The van der Waals surface area contributed by atoms with Gasteiger partial charge in [0.15, 0.2) is 0 Å². The minimum absolute atomic E-state index is 0.121. The Bertz CT molecular complexity index is 2270. The van der Waals surface area contributed by atoms with E-state index in [1.807, 2.05) is 97.1 Å². The Kier molecular flexibility index (Phi) is 6.24. The number of hydrogen-bond donors (Lipinski definition) is 0. The van der Waals surface area contributed by atoms with E-state index in [-0.39, 0.29) is 47.3 Å². The van der Waals surface area contributed by atoms with E-state index < -0.39 is 23.7 Å². The van der Waals surface area contributed by atoms with Gasteiger partial charge in [0.05, 0.1) is 35.0 Å². The first-order valence-electron chi connectivity index (χ1n) is 19.3. The van der Waals surface area contributed by atoms with Gasteiger partial charge in [-0.1, -0.05) is 121 Å². The van der Waals surface area contributed by atoms with Crippen LogP contribution in [0.1, 0.15) is 79.3 Å². The molecule has 2 heterocycles. The maximum Gasteiger partial charge on any atom is 0.238 e. The molecule has 4 atom stereocenters. The summed E-state index contributed by atoms with van der Waals surface area (Å²) in [6, 6.07) is 48.6. The molecule has 8 aliphatic rings. The molecule has 0 radical (unpaired) electrons. The Labute approximate surface area is 318 Å². The van der Waals surface area contributed by atoms with Crippen molar-refractivity contribution in [1.82, 2.24) is 0 Å². The second-order valence-corrected chi connectivity index (χ2v) is 16.1. The Morgan fingerprint density at radius 2 is 0.527 bits per heavy atom. The van der Waals surface area contributed by atoms with Crippen LogP contribution in [0.2, 0.25) is 0 Å². The zero-order valence-corrected chi connectivity index (χ0v) is 29.7. The second kappa shape index (κ2) is 11.1. The lowest BCUT2D eigenvalue weighted by molar-refractivity contribution is -0.124. The number of anilines is 2. The molecule has 6 aromatic rings. The molecule has 4 amide bonds. The van der Waals surface area contributed by atoms with Crippen molar-refractivity contribution >= 4 is 35.0 Å². The highest BCUT2D eigenvalue weighted by molar-refractivity contribution is 6.24. The van der Waals surface area contributed by atoms with Crippen molar-refractivity contribution < 1.29 is 19.2 Å². The van der Waals surface area contributed by atoms with Gasteiger partial charge in [0.1, 0.15) is 0 Å². The summed E-state index contributed by atoms with van der Waals surface area (Å²) in [5.74, 6) is -2.69. The molecule has 55 heavy (non-hydrogen) atoms. The van der Waals surface area contributed by atoms with Crippen LogP contribution < -0.4 is 9.80 Å². The van der Waals surface area contributed by atoms with Crippen LogP contribution in [0.4, 0.5) is 11.4 Å². The van der Waals surface area contributed by atoms with Crippen LogP contribution in [0.15, 0.2) is 146 Å². The largest absolute Gasteiger partial charge is 0.274 e. The summed E-state index contributed by atoms with van der Waals surface area (Å²) < 4.78 is 0. The molecule has 14 rings (SSSR count). The quantitative estimate of drug-likeness (QED) is 0.173. The van der Waals surface area contributed by atoms with E-state index in [1.54, 1.807) is 0 Å². The molecule has 6 nitrogen and oxygen atoms in total. The average molecular weight is 715 g/mol. The number of nitrogens with zero attached hydrogens (tertiary/aromatic N) is 2. The van der Waals surface area contributed by atoms with E-state index in [1.165, 1.54) is 9.80 Å². The van der Waals surface area contributed by atoms with Crippen LogP contribution in [0.25, 0.3) is 0 Å². The van der Waals surface area contributed by atoms with Gasteiger partial charge in [-0.15, -0.1) is 0 Å². The summed E-state index contributed by atoms with van der Waals surface area (Å²) in [4.78, 5) is 59.7. The fourth-order valence-electron chi connectivity index (χ4n) is 11.6. The summed E-state index contributed by atoms with van der Waals surface area (Å²) in [7, 11) is 0. The molecule has 6 heteroatoms. The normalized spacial score (nSPS) is 27.4. The predicted molar refractivity (Wildman–Crippen MR) is 208 cm³/mol. The average Bonchev–Trinajstić information content (AvgIpc) is 3.66. The van der Waals surface area contributed by atoms with Crippen molar-refractivity contribution in [2.24, 2.45) is 23.7 Å². The number of imide groups is 2. The highest BCUT2D eigenvalue weighted by Crippen LogP contribution is 2.63. The van der Waals surface area contributed by atoms with Crippen LogP contribution in [-0.2, 0) is 25.6 Å². The Morgan fingerprint density at radius 3 is 0.745 bits per heavy atom. The number of carbonyl (C=O) groups excluding carboxylic acids is 4. The number of benzene rings is 6. The summed E-state index contributed by atoms with van der Waals surface area (Å²) in [6.07, 6.45) is 0.615. The van der Waals surface area contributed by atoms with Crippen molar-refractivity contribution in [3.05, 3.63) is 201 Å². The summed E-state index contributed by atoms with van der Waals surface area (Å²) in [6.45, 7) is 0. The molecule has 0 saturated carbocycles. The number of hydrogen-bond acceptors (Lipinski definition) is 4. The van der Waals surface area contributed by atoms with Gasteiger partial charge in [-0.3, -0.25) is 19.2 Å². The van der Waals surface area contributed by atoms with Gasteiger partial charge >= 0.3 is 0 Å². The molecular weight excluding hydrogens is 681 g/mol. The molecule has 0 aromatic heterocycles. The fourth-order valence-corrected chi connectivity index (χ4v) is 11.6. The van der Waals surface area contributed by atoms with Gasteiger partial charge in [-0.05, 0) is 86.3 Å². The van der Waals surface area contributed by atoms with E-state index in [2.05, 4.69) is 48.5 Å². The van der Waals surface area contributed by atoms with E-state index in [4.69, 9.17) is 0 Å². The molecule has 6 aromatic carbocycles. The monoisotopic (exact) mass is 714 g/mol. The standard InChI is InChI=1S/C49H34N2O4/c52-46-42-38-30-9-1-2-10-31(30)39(33-12-4-3-11-32(33)38)43(42)47(53)50(46)28-21-17-26(18-22-28)25-27-19-23-29(24-20-27)51-48(54)44-40-34-13-5-6-14-35(34)41(45(44)49(51)55)37-16-8-7-15-36(37)40/h1-24,38-45H,25H2/t38?,39?,40?,41?,42-,43-,44+,45+.